The molecule has 1 heterocycles. The average molecular weight is 363 g/mol. The van der Waals surface area contributed by atoms with Crippen molar-refractivity contribution >= 4 is 22.9 Å². The largest absolute Gasteiger partial charge is 0.493 e. The SMILES string of the molecule is CCCOc1ccc(/C=N/Nc2ccc3ccccc3n2)c(OCCC)c1. The van der Waals surface area contributed by atoms with Crippen molar-refractivity contribution in [3.8, 4) is 11.5 Å². The second kappa shape index (κ2) is 9.57. The van der Waals surface area contributed by atoms with E-state index < -0.39 is 0 Å². The lowest BCUT2D eigenvalue weighted by atomic mass is 10.2. The molecule has 0 saturated heterocycles. The van der Waals surface area contributed by atoms with Crippen molar-refractivity contribution in [1.82, 2.24) is 4.98 Å². The van der Waals surface area contributed by atoms with Crippen molar-refractivity contribution in [3.63, 3.8) is 0 Å². The summed E-state index contributed by atoms with van der Waals surface area (Å²) in [5.41, 5.74) is 4.81. The lowest BCUT2D eigenvalue weighted by molar-refractivity contribution is 0.301. The molecule has 0 unspecified atom stereocenters. The minimum absolute atomic E-state index is 0.651. The molecule has 5 nitrogen and oxygen atoms in total. The summed E-state index contributed by atoms with van der Waals surface area (Å²) in [4.78, 5) is 4.55. The zero-order valence-electron chi connectivity index (χ0n) is 15.8. The van der Waals surface area contributed by atoms with E-state index in [0.29, 0.717) is 19.0 Å². The van der Waals surface area contributed by atoms with E-state index in [2.05, 4.69) is 29.4 Å². The fourth-order valence-electron chi connectivity index (χ4n) is 2.56. The summed E-state index contributed by atoms with van der Waals surface area (Å²) < 4.78 is 11.5. The summed E-state index contributed by atoms with van der Waals surface area (Å²) in [6.45, 7) is 5.51. The molecule has 0 aliphatic carbocycles. The Kier molecular flexibility index (Phi) is 6.63. The summed E-state index contributed by atoms with van der Waals surface area (Å²) in [7, 11) is 0. The Labute approximate surface area is 160 Å². The number of nitrogens with zero attached hydrogens (tertiary/aromatic N) is 2. The van der Waals surface area contributed by atoms with Gasteiger partial charge in [0.05, 0.1) is 24.9 Å². The summed E-state index contributed by atoms with van der Waals surface area (Å²) in [5.74, 6) is 2.27. The molecule has 1 aromatic heterocycles. The predicted molar refractivity (Wildman–Crippen MR) is 111 cm³/mol. The molecule has 0 atom stereocenters. The molecule has 0 spiro atoms. The molecule has 140 valence electrons. The molecule has 0 radical (unpaired) electrons. The number of aromatic nitrogens is 1. The molecule has 0 saturated carbocycles. The summed E-state index contributed by atoms with van der Waals surface area (Å²) in [5, 5.41) is 5.42. The van der Waals surface area contributed by atoms with Gasteiger partial charge in [0.25, 0.3) is 0 Å². The predicted octanol–water partition coefficient (Wildman–Crippen LogP) is 5.26. The molecule has 27 heavy (non-hydrogen) atoms. The summed E-state index contributed by atoms with van der Waals surface area (Å²) in [6.07, 6.45) is 3.65. The van der Waals surface area contributed by atoms with E-state index in [1.54, 1.807) is 6.21 Å². The van der Waals surface area contributed by atoms with Gasteiger partial charge in [-0.3, -0.25) is 5.43 Å². The number of rotatable bonds is 9. The highest BCUT2D eigenvalue weighted by Gasteiger charge is 2.05. The molecule has 0 bridgehead atoms. The van der Waals surface area contributed by atoms with Crippen LogP contribution in [0.2, 0.25) is 0 Å². The molecule has 0 aliphatic rings. The summed E-state index contributed by atoms with van der Waals surface area (Å²) >= 11 is 0. The van der Waals surface area contributed by atoms with Crippen LogP contribution in [0.5, 0.6) is 11.5 Å². The number of para-hydroxylation sites is 1. The van der Waals surface area contributed by atoms with Gasteiger partial charge >= 0.3 is 0 Å². The number of nitrogens with one attached hydrogen (secondary N) is 1. The lowest BCUT2D eigenvalue weighted by Gasteiger charge is -2.11. The van der Waals surface area contributed by atoms with Crippen LogP contribution in [0.1, 0.15) is 32.3 Å². The van der Waals surface area contributed by atoms with Crippen LogP contribution in [0.4, 0.5) is 5.82 Å². The van der Waals surface area contributed by atoms with E-state index in [4.69, 9.17) is 9.47 Å². The van der Waals surface area contributed by atoms with Gasteiger partial charge < -0.3 is 9.47 Å². The van der Waals surface area contributed by atoms with E-state index in [0.717, 1.165) is 40.8 Å². The van der Waals surface area contributed by atoms with Crippen LogP contribution in [0.3, 0.4) is 0 Å². The van der Waals surface area contributed by atoms with Gasteiger partial charge in [-0.25, -0.2) is 4.98 Å². The average Bonchev–Trinajstić information content (AvgIpc) is 2.71. The van der Waals surface area contributed by atoms with Crippen molar-refractivity contribution in [2.75, 3.05) is 18.6 Å². The van der Waals surface area contributed by atoms with Crippen molar-refractivity contribution in [3.05, 3.63) is 60.2 Å². The Balaban J connectivity index is 1.73. The molecule has 0 amide bonds. The first-order valence-electron chi connectivity index (χ1n) is 9.34. The normalized spacial score (nSPS) is 11.0. The highest BCUT2D eigenvalue weighted by molar-refractivity contribution is 5.85. The molecular formula is C22H25N3O2. The van der Waals surface area contributed by atoms with Crippen LogP contribution in [-0.4, -0.2) is 24.4 Å². The van der Waals surface area contributed by atoms with Crippen LogP contribution in [0, 0.1) is 0 Å². The zero-order valence-corrected chi connectivity index (χ0v) is 15.8. The number of pyridine rings is 1. The van der Waals surface area contributed by atoms with E-state index in [9.17, 15) is 0 Å². The maximum atomic E-state index is 5.85. The maximum Gasteiger partial charge on any atom is 0.146 e. The third-order valence-corrected chi connectivity index (χ3v) is 3.90. The van der Waals surface area contributed by atoms with Crippen LogP contribution in [0.25, 0.3) is 10.9 Å². The molecule has 3 rings (SSSR count). The van der Waals surface area contributed by atoms with Gasteiger partial charge in [-0.2, -0.15) is 5.10 Å². The molecule has 0 fully saturated rings. The molecule has 0 aliphatic heterocycles. The first-order chi connectivity index (χ1) is 13.3. The minimum atomic E-state index is 0.651. The molecule has 5 heteroatoms. The number of hydrogen-bond acceptors (Lipinski definition) is 5. The first kappa shape index (κ1) is 18.7. The topological polar surface area (TPSA) is 55.7 Å². The Morgan fingerprint density at radius 3 is 2.63 bits per heavy atom. The van der Waals surface area contributed by atoms with Crippen molar-refractivity contribution < 1.29 is 9.47 Å². The molecule has 3 aromatic rings. The van der Waals surface area contributed by atoms with Gasteiger partial charge in [-0.05, 0) is 43.2 Å². The maximum absolute atomic E-state index is 5.85. The second-order valence-electron chi connectivity index (χ2n) is 6.16. The third-order valence-electron chi connectivity index (χ3n) is 3.90. The van der Waals surface area contributed by atoms with Crippen molar-refractivity contribution in [1.29, 1.82) is 0 Å². The monoisotopic (exact) mass is 363 g/mol. The van der Waals surface area contributed by atoms with Gasteiger partial charge in [0.15, 0.2) is 0 Å². The number of fused-ring (bicyclic) bond motifs is 1. The van der Waals surface area contributed by atoms with E-state index in [1.807, 2.05) is 54.6 Å². The van der Waals surface area contributed by atoms with Gasteiger partial charge in [0.1, 0.15) is 17.3 Å². The lowest BCUT2D eigenvalue weighted by Crippen LogP contribution is -2.01. The highest BCUT2D eigenvalue weighted by Crippen LogP contribution is 2.24. The fourth-order valence-corrected chi connectivity index (χ4v) is 2.56. The Morgan fingerprint density at radius 1 is 0.963 bits per heavy atom. The van der Waals surface area contributed by atoms with E-state index in [1.165, 1.54) is 0 Å². The Bertz CT molecular complexity index is 909. The minimum Gasteiger partial charge on any atom is -0.493 e. The van der Waals surface area contributed by atoms with Crippen LogP contribution < -0.4 is 14.9 Å². The second-order valence-corrected chi connectivity index (χ2v) is 6.16. The summed E-state index contributed by atoms with van der Waals surface area (Å²) in [6, 6.07) is 17.7. The number of ether oxygens (including phenoxy) is 2. The van der Waals surface area contributed by atoms with Gasteiger partial charge in [-0.1, -0.05) is 32.0 Å². The highest BCUT2D eigenvalue weighted by atomic mass is 16.5. The quantitative estimate of drug-likeness (QED) is 0.416. The van der Waals surface area contributed by atoms with Crippen LogP contribution in [0.15, 0.2) is 59.7 Å². The van der Waals surface area contributed by atoms with Crippen LogP contribution in [-0.2, 0) is 0 Å². The van der Waals surface area contributed by atoms with Gasteiger partial charge in [0.2, 0.25) is 0 Å². The molecular weight excluding hydrogens is 338 g/mol. The fraction of sp³-hybridized carbons (Fsp3) is 0.273. The number of hydrogen-bond donors (Lipinski definition) is 1. The van der Waals surface area contributed by atoms with Gasteiger partial charge in [0, 0.05) is 17.0 Å². The number of hydrazone groups is 1. The zero-order chi connectivity index (χ0) is 18.9. The Hall–Kier alpha value is -3.08. The number of benzene rings is 2. The van der Waals surface area contributed by atoms with Crippen molar-refractivity contribution in [2.24, 2.45) is 5.10 Å². The smallest absolute Gasteiger partial charge is 0.146 e. The van der Waals surface area contributed by atoms with E-state index in [-0.39, 0.29) is 0 Å². The third kappa shape index (κ3) is 5.20. The standard InChI is InChI=1S/C22H25N3O2/c1-3-13-26-19-11-9-18(21(15-19)27-14-4-2)16-23-25-22-12-10-17-7-5-6-8-20(17)24-22/h5-12,15-16H,3-4,13-14H2,1-2H3,(H,24,25)/b23-16+. The Morgan fingerprint density at radius 2 is 1.78 bits per heavy atom. The van der Waals surface area contributed by atoms with Gasteiger partial charge in [-0.15, -0.1) is 0 Å². The number of anilines is 1. The molecule has 2 aromatic carbocycles. The first-order valence-corrected chi connectivity index (χ1v) is 9.34. The van der Waals surface area contributed by atoms with E-state index >= 15 is 0 Å². The molecule has 1 N–H and O–H groups in total. The van der Waals surface area contributed by atoms with Crippen molar-refractivity contribution in [2.45, 2.75) is 26.7 Å². The van der Waals surface area contributed by atoms with Crippen LogP contribution >= 0.6 is 0 Å².